The fourth-order valence-corrected chi connectivity index (χ4v) is 2.73. The Morgan fingerprint density at radius 2 is 2.11 bits per heavy atom. The van der Waals surface area contributed by atoms with E-state index in [0.717, 1.165) is 28.8 Å². The van der Waals surface area contributed by atoms with Crippen LogP contribution in [0.4, 0.5) is 5.69 Å². The Hall–Kier alpha value is -1.07. The highest BCUT2D eigenvalue weighted by atomic mass is 79.9. The number of benzene rings is 1. The molecule has 1 aliphatic heterocycles. The van der Waals surface area contributed by atoms with Crippen LogP contribution in [0.15, 0.2) is 22.7 Å². The Kier molecular flexibility index (Phi) is 3.92. The number of likely N-dealkylation sites (N-methyl/N-ethyl adjacent to an activating group) is 1. The number of anilines is 1. The molecule has 0 saturated carbocycles. The molecule has 0 aromatic heterocycles. The normalized spacial score (nSPS) is 18.1. The van der Waals surface area contributed by atoms with E-state index in [-0.39, 0.29) is 5.91 Å². The van der Waals surface area contributed by atoms with Gasteiger partial charge in [-0.1, -0.05) is 22.0 Å². The van der Waals surface area contributed by atoms with Gasteiger partial charge in [-0.2, -0.15) is 0 Å². The number of aliphatic hydroxyl groups excluding tert-OH is 1. The predicted octanol–water partition coefficient (Wildman–Crippen LogP) is 1.78. The summed E-state index contributed by atoms with van der Waals surface area (Å²) in [6.07, 6.45) is -0.498. The molecule has 0 unspecified atom stereocenters. The molecule has 4 nitrogen and oxygen atoms in total. The molecule has 0 aliphatic carbocycles. The fraction of sp³-hybridized carbons (Fsp3) is 0.462. The van der Waals surface area contributed by atoms with Gasteiger partial charge in [0.05, 0.1) is 12.6 Å². The van der Waals surface area contributed by atoms with Crippen molar-refractivity contribution in [2.24, 2.45) is 0 Å². The first-order valence-electron chi connectivity index (χ1n) is 5.95. The molecular weight excluding hydrogens is 296 g/mol. The molecule has 5 heteroatoms. The summed E-state index contributed by atoms with van der Waals surface area (Å²) in [7, 11) is 1.83. The van der Waals surface area contributed by atoms with Crippen LogP contribution in [0, 0.1) is 0 Å². The second-order valence-corrected chi connectivity index (χ2v) is 5.47. The van der Waals surface area contributed by atoms with Crippen molar-refractivity contribution in [1.29, 1.82) is 0 Å². The zero-order valence-electron chi connectivity index (χ0n) is 10.6. The van der Waals surface area contributed by atoms with E-state index in [4.69, 9.17) is 0 Å². The molecule has 0 radical (unpaired) electrons. The molecule has 18 heavy (non-hydrogen) atoms. The average Bonchev–Trinajstić information content (AvgIpc) is 2.32. The molecule has 1 aromatic rings. The molecular formula is C13H17BrN2O2. The molecule has 1 fully saturated rings. The van der Waals surface area contributed by atoms with Crippen LogP contribution in [0.2, 0.25) is 0 Å². The van der Waals surface area contributed by atoms with E-state index in [0.29, 0.717) is 6.54 Å². The molecule has 1 aromatic carbocycles. The molecule has 0 spiro atoms. The quantitative estimate of drug-likeness (QED) is 0.905. The van der Waals surface area contributed by atoms with Gasteiger partial charge in [0.25, 0.3) is 0 Å². The Morgan fingerprint density at radius 3 is 2.67 bits per heavy atom. The van der Waals surface area contributed by atoms with Gasteiger partial charge in [0.2, 0.25) is 5.91 Å². The van der Waals surface area contributed by atoms with Crippen LogP contribution in [0.3, 0.4) is 0 Å². The summed E-state index contributed by atoms with van der Waals surface area (Å²) < 4.78 is 0.876. The van der Waals surface area contributed by atoms with Crippen LogP contribution < -0.4 is 4.90 Å². The summed E-state index contributed by atoms with van der Waals surface area (Å²) in [4.78, 5) is 15.5. The van der Waals surface area contributed by atoms with E-state index in [1.54, 1.807) is 11.8 Å². The third-order valence-corrected chi connectivity index (χ3v) is 3.94. The Labute approximate surface area is 115 Å². The largest absolute Gasteiger partial charge is 0.389 e. The van der Waals surface area contributed by atoms with Gasteiger partial charge >= 0.3 is 0 Å². The van der Waals surface area contributed by atoms with Crippen LogP contribution >= 0.6 is 15.9 Å². The summed E-state index contributed by atoms with van der Waals surface area (Å²) in [5.41, 5.74) is 1.87. The maximum Gasteiger partial charge on any atom is 0.241 e. The number of amides is 1. The Balaban J connectivity index is 2.19. The van der Waals surface area contributed by atoms with Crippen LogP contribution in [0.25, 0.3) is 0 Å². The number of carbonyl (C=O) groups excluding carboxylic acids is 1. The summed E-state index contributed by atoms with van der Waals surface area (Å²) in [6, 6.07) is 5.80. The number of hydrogen-bond donors (Lipinski definition) is 1. The van der Waals surface area contributed by atoms with Gasteiger partial charge in [-0.15, -0.1) is 0 Å². The van der Waals surface area contributed by atoms with E-state index in [1.807, 2.05) is 25.2 Å². The first kappa shape index (κ1) is 13.4. The van der Waals surface area contributed by atoms with E-state index in [9.17, 15) is 9.90 Å². The van der Waals surface area contributed by atoms with E-state index < -0.39 is 6.10 Å². The minimum absolute atomic E-state index is 0.136. The monoisotopic (exact) mass is 312 g/mol. The van der Waals surface area contributed by atoms with Crippen molar-refractivity contribution in [2.45, 2.75) is 13.0 Å². The van der Waals surface area contributed by atoms with Crippen molar-refractivity contribution in [3.8, 4) is 0 Å². The first-order valence-corrected chi connectivity index (χ1v) is 6.75. The van der Waals surface area contributed by atoms with Gasteiger partial charge in [-0.25, -0.2) is 0 Å². The lowest BCUT2D eigenvalue weighted by Crippen LogP contribution is -2.48. The van der Waals surface area contributed by atoms with E-state index in [1.165, 1.54) is 0 Å². The van der Waals surface area contributed by atoms with Crippen molar-refractivity contribution < 1.29 is 9.90 Å². The highest BCUT2D eigenvalue weighted by Crippen LogP contribution is 2.28. The van der Waals surface area contributed by atoms with E-state index >= 15 is 0 Å². The molecule has 1 atom stereocenters. The molecule has 1 N–H and O–H groups in total. The lowest BCUT2D eigenvalue weighted by Gasteiger charge is -2.33. The van der Waals surface area contributed by atoms with Crippen LogP contribution in [-0.4, -0.2) is 42.6 Å². The molecule has 2 rings (SSSR count). The third kappa shape index (κ3) is 2.67. The summed E-state index contributed by atoms with van der Waals surface area (Å²) in [5, 5.41) is 9.58. The van der Waals surface area contributed by atoms with Gasteiger partial charge < -0.3 is 14.9 Å². The number of aliphatic hydroxyl groups is 1. The summed E-state index contributed by atoms with van der Waals surface area (Å²) in [6.45, 7) is 3.73. The highest BCUT2D eigenvalue weighted by molar-refractivity contribution is 9.10. The number of rotatable bonds is 2. The molecule has 1 saturated heterocycles. The Morgan fingerprint density at radius 1 is 1.39 bits per heavy atom. The van der Waals surface area contributed by atoms with Gasteiger partial charge in [0.1, 0.15) is 0 Å². The standard InChI is InChI=1S/C13H17BrN2O2/c1-9(17)11-4-3-10(7-12(11)14)16-6-5-15(2)13(18)8-16/h3-4,7,9,17H,5-6,8H2,1-2H3/t9-/m0/s1. The van der Waals surface area contributed by atoms with Crippen molar-refractivity contribution in [2.75, 3.05) is 31.6 Å². The lowest BCUT2D eigenvalue weighted by molar-refractivity contribution is -0.129. The van der Waals surface area contributed by atoms with Gasteiger partial charge in [0, 0.05) is 30.3 Å². The van der Waals surface area contributed by atoms with E-state index in [2.05, 4.69) is 20.8 Å². The minimum atomic E-state index is -0.498. The van der Waals surface area contributed by atoms with Crippen LogP contribution in [-0.2, 0) is 4.79 Å². The maximum absolute atomic E-state index is 11.7. The average molecular weight is 313 g/mol. The van der Waals surface area contributed by atoms with Gasteiger partial charge in [-0.05, 0) is 24.6 Å². The fourth-order valence-electron chi connectivity index (χ4n) is 2.03. The highest BCUT2D eigenvalue weighted by Gasteiger charge is 2.21. The Bertz CT molecular complexity index is 462. The van der Waals surface area contributed by atoms with Crippen molar-refractivity contribution in [3.63, 3.8) is 0 Å². The number of halogens is 1. The third-order valence-electron chi connectivity index (χ3n) is 3.26. The van der Waals surface area contributed by atoms with Crippen LogP contribution in [0.1, 0.15) is 18.6 Å². The summed E-state index contributed by atoms with van der Waals surface area (Å²) >= 11 is 3.46. The molecule has 98 valence electrons. The van der Waals surface area contributed by atoms with Crippen molar-refractivity contribution in [3.05, 3.63) is 28.2 Å². The van der Waals surface area contributed by atoms with Crippen LogP contribution in [0.5, 0.6) is 0 Å². The zero-order valence-corrected chi connectivity index (χ0v) is 12.1. The molecule has 0 bridgehead atoms. The smallest absolute Gasteiger partial charge is 0.241 e. The SMILES string of the molecule is C[C@H](O)c1ccc(N2CCN(C)C(=O)C2)cc1Br. The second-order valence-electron chi connectivity index (χ2n) is 4.62. The first-order chi connectivity index (χ1) is 8.49. The lowest BCUT2D eigenvalue weighted by atomic mass is 10.1. The molecule has 1 aliphatic rings. The maximum atomic E-state index is 11.7. The van der Waals surface area contributed by atoms with Crippen molar-refractivity contribution >= 4 is 27.5 Å². The number of hydrogen-bond acceptors (Lipinski definition) is 3. The molecule has 1 heterocycles. The second kappa shape index (κ2) is 5.28. The topological polar surface area (TPSA) is 43.8 Å². The molecule has 1 amide bonds. The minimum Gasteiger partial charge on any atom is -0.389 e. The van der Waals surface area contributed by atoms with Gasteiger partial charge in [-0.3, -0.25) is 4.79 Å². The number of piperazine rings is 1. The number of carbonyl (C=O) groups is 1. The van der Waals surface area contributed by atoms with Crippen molar-refractivity contribution in [1.82, 2.24) is 4.90 Å². The zero-order chi connectivity index (χ0) is 13.3. The number of nitrogens with zero attached hydrogens (tertiary/aromatic N) is 2. The summed E-state index contributed by atoms with van der Waals surface area (Å²) in [5.74, 6) is 0.136. The van der Waals surface area contributed by atoms with Gasteiger partial charge in [0.15, 0.2) is 0 Å². The predicted molar refractivity (Wildman–Crippen MR) is 74.6 cm³/mol.